The Labute approximate surface area is 140 Å². The van der Waals surface area contributed by atoms with Gasteiger partial charge < -0.3 is 19.9 Å². The lowest BCUT2D eigenvalue weighted by atomic mass is 10.1. The van der Waals surface area contributed by atoms with Crippen LogP contribution in [0.15, 0.2) is 36.4 Å². The van der Waals surface area contributed by atoms with Crippen LogP contribution in [0.1, 0.15) is 26.3 Å². The Morgan fingerprint density at radius 3 is 2.60 bits per heavy atom. The number of rotatable bonds is 5. The van der Waals surface area contributed by atoms with Crippen LogP contribution >= 0.6 is 0 Å². The second kappa shape index (κ2) is 6.48. The molecule has 1 aliphatic rings. The van der Waals surface area contributed by atoms with Crippen molar-refractivity contribution in [3.63, 3.8) is 0 Å². The Kier molecular flexibility index (Phi) is 4.21. The largest absolute Gasteiger partial charge is 0.478 e. The number of carbonyl (C=O) groups is 2. The predicted molar refractivity (Wildman–Crippen MR) is 83.8 cm³/mol. The van der Waals surface area contributed by atoms with Gasteiger partial charge in [-0.05, 0) is 23.8 Å². The summed E-state index contributed by atoms with van der Waals surface area (Å²) in [5.74, 6) is -0.895. The molecular weight excluding hydrogens is 332 g/mol. The molecule has 0 unspecified atom stereocenters. The van der Waals surface area contributed by atoms with Crippen molar-refractivity contribution in [2.75, 3.05) is 6.79 Å². The number of hydrogen-bond donors (Lipinski definition) is 2. The van der Waals surface area contributed by atoms with E-state index in [4.69, 9.17) is 9.47 Å². The van der Waals surface area contributed by atoms with E-state index in [2.05, 4.69) is 5.32 Å². The summed E-state index contributed by atoms with van der Waals surface area (Å²) in [4.78, 5) is 33.6. The van der Waals surface area contributed by atoms with Crippen molar-refractivity contribution >= 4 is 17.6 Å². The first-order valence-corrected chi connectivity index (χ1v) is 7.14. The molecule has 128 valence electrons. The molecular formula is C16H12N2O7. The van der Waals surface area contributed by atoms with Gasteiger partial charge in [-0.1, -0.05) is 6.07 Å². The molecule has 0 aromatic heterocycles. The third-order valence-corrected chi connectivity index (χ3v) is 3.58. The minimum atomic E-state index is -1.42. The second-order valence-corrected chi connectivity index (χ2v) is 5.16. The zero-order chi connectivity index (χ0) is 18.0. The number of carbonyl (C=O) groups excluding carboxylic acids is 1. The summed E-state index contributed by atoms with van der Waals surface area (Å²) in [6.45, 7) is 0.265. The highest BCUT2D eigenvalue weighted by Gasteiger charge is 2.21. The highest BCUT2D eigenvalue weighted by Crippen LogP contribution is 2.32. The summed E-state index contributed by atoms with van der Waals surface area (Å²) in [5.41, 5.74) is -0.252. The number of nitro groups is 1. The number of nitrogens with one attached hydrogen (secondary N) is 1. The van der Waals surface area contributed by atoms with Crippen LogP contribution in [0.3, 0.4) is 0 Å². The lowest BCUT2D eigenvalue weighted by Gasteiger charge is -2.08. The number of ether oxygens (including phenoxy) is 2. The molecule has 0 atom stereocenters. The summed E-state index contributed by atoms with van der Waals surface area (Å²) >= 11 is 0. The maximum absolute atomic E-state index is 12.3. The Hall–Kier alpha value is -3.62. The molecule has 2 aromatic carbocycles. The van der Waals surface area contributed by atoms with Crippen molar-refractivity contribution in [2.24, 2.45) is 0 Å². The maximum Gasteiger partial charge on any atom is 0.336 e. The van der Waals surface area contributed by atoms with E-state index in [1.54, 1.807) is 18.2 Å². The van der Waals surface area contributed by atoms with Crippen LogP contribution in [0.2, 0.25) is 0 Å². The van der Waals surface area contributed by atoms with E-state index in [1.165, 1.54) is 0 Å². The highest BCUT2D eigenvalue weighted by atomic mass is 16.7. The van der Waals surface area contributed by atoms with Crippen molar-refractivity contribution in [2.45, 2.75) is 6.54 Å². The number of amides is 1. The van der Waals surface area contributed by atoms with Crippen LogP contribution in [0.25, 0.3) is 0 Å². The molecule has 0 aliphatic carbocycles. The van der Waals surface area contributed by atoms with Gasteiger partial charge in [0.05, 0.1) is 16.1 Å². The van der Waals surface area contributed by atoms with E-state index in [1.807, 2.05) is 0 Å². The Morgan fingerprint density at radius 1 is 1.12 bits per heavy atom. The highest BCUT2D eigenvalue weighted by molar-refractivity contribution is 6.05. The summed E-state index contributed by atoms with van der Waals surface area (Å²) in [6, 6.07) is 8.22. The van der Waals surface area contributed by atoms with Crippen molar-refractivity contribution in [1.82, 2.24) is 5.32 Å². The van der Waals surface area contributed by atoms with Crippen molar-refractivity contribution in [3.05, 3.63) is 63.2 Å². The first kappa shape index (κ1) is 16.2. The van der Waals surface area contributed by atoms with Gasteiger partial charge in [0.25, 0.3) is 11.6 Å². The number of hydrogen-bond acceptors (Lipinski definition) is 6. The standard InChI is InChI=1S/C16H12N2O7/c19-15(11-3-2-10(18(22)23)6-12(11)16(20)21)17-7-9-1-4-13-14(5-9)25-8-24-13/h1-6H,7-8H2,(H,17,19)(H,20,21). The summed E-state index contributed by atoms with van der Waals surface area (Å²) in [7, 11) is 0. The number of carboxylic acid groups (broad SMARTS) is 1. The minimum Gasteiger partial charge on any atom is -0.478 e. The molecule has 2 N–H and O–H groups in total. The summed E-state index contributed by atoms with van der Waals surface area (Å²) in [6.07, 6.45) is 0. The Balaban J connectivity index is 1.77. The number of nitrogens with zero attached hydrogens (tertiary/aromatic N) is 1. The molecule has 2 aromatic rings. The molecule has 0 radical (unpaired) electrons. The smallest absolute Gasteiger partial charge is 0.336 e. The third-order valence-electron chi connectivity index (χ3n) is 3.58. The monoisotopic (exact) mass is 344 g/mol. The first-order valence-electron chi connectivity index (χ1n) is 7.14. The third kappa shape index (κ3) is 3.34. The van der Waals surface area contributed by atoms with Gasteiger partial charge in [-0.15, -0.1) is 0 Å². The first-order chi connectivity index (χ1) is 12.0. The van der Waals surface area contributed by atoms with Crippen LogP contribution < -0.4 is 14.8 Å². The molecule has 1 amide bonds. The van der Waals surface area contributed by atoms with Gasteiger partial charge in [0.1, 0.15) is 0 Å². The van der Waals surface area contributed by atoms with Crippen LogP contribution in [0.5, 0.6) is 11.5 Å². The van der Waals surface area contributed by atoms with Crippen molar-refractivity contribution < 1.29 is 29.1 Å². The fourth-order valence-corrected chi connectivity index (χ4v) is 2.35. The fraction of sp³-hybridized carbons (Fsp3) is 0.125. The molecule has 9 nitrogen and oxygen atoms in total. The number of nitro benzene ring substituents is 1. The van der Waals surface area contributed by atoms with Crippen LogP contribution in [-0.2, 0) is 6.54 Å². The lowest BCUT2D eigenvalue weighted by molar-refractivity contribution is -0.384. The quantitative estimate of drug-likeness (QED) is 0.626. The molecule has 0 bridgehead atoms. The zero-order valence-corrected chi connectivity index (χ0v) is 12.7. The average molecular weight is 344 g/mol. The number of benzene rings is 2. The fourth-order valence-electron chi connectivity index (χ4n) is 2.35. The van der Waals surface area contributed by atoms with Crippen molar-refractivity contribution in [1.29, 1.82) is 0 Å². The number of carboxylic acids is 1. The maximum atomic E-state index is 12.3. The van der Waals surface area contributed by atoms with E-state index >= 15 is 0 Å². The van der Waals surface area contributed by atoms with Crippen LogP contribution in [0.4, 0.5) is 5.69 Å². The average Bonchev–Trinajstić information content (AvgIpc) is 3.06. The molecule has 1 aliphatic heterocycles. The molecule has 0 fully saturated rings. The molecule has 0 spiro atoms. The van der Waals surface area contributed by atoms with E-state index in [0.29, 0.717) is 11.5 Å². The minimum absolute atomic E-state index is 0.130. The van der Waals surface area contributed by atoms with Gasteiger partial charge in [0, 0.05) is 18.7 Å². The zero-order valence-electron chi connectivity index (χ0n) is 12.7. The van der Waals surface area contributed by atoms with Gasteiger partial charge >= 0.3 is 5.97 Å². The topological polar surface area (TPSA) is 128 Å². The van der Waals surface area contributed by atoms with Gasteiger partial charge in [0.2, 0.25) is 6.79 Å². The second-order valence-electron chi connectivity index (χ2n) is 5.16. The summed E-state index contributed by atoms with van der Waals surface area (Å²) in [5, 5.41) is 22.5. The van der Waals surface area contributed by atoms with Crippen LogP contribution in [-0.4, -0.2) is 28.7 Å². The van der Waals surface area contributed by atoms with E-state index in [0.717, 1.165) is 23.8 Å². The van der Waals surface area contributed by atoms with Crippen LogP contribution in [0, 0.1) is 10.1 Å². The Bertz CT molecular complexity index is 879. The molecule has 3 rings (SSSR count). The molecule has 1 heterocycles. The molecule has 9 heteroatoms. The van der Waals surface area contributed by atoms with E-state index < -0.39 is 28.1 Å². The molecule has 0 saturated heterocycles. The van der Waals surface area contributed by atoms with E-state index in [9.17, 15) is 24.8 Å². The normalized spacial score (nSPS) is 11.8. The molecule has 0 saturated carbocycles. The number of non-ortho nitro benzene ring substituents is 1. The summed E-state index contributed by atoms with van der Waals surface area (Å²) < 4.78 is 10.4. The van der Waals surface area contributed by atoms with Crippen molar-refractivity contribution in [3.8, 4) is 11.5 Å². The number of fused-ring (bicyclic) bond motifs is 1. The SMILES string of the molecule is O=C(O)c1cc([N+](=O)[O-])ccc1C(=O)NCc1ccc2c(c1)OCO2. The van der Waals surface area contributed by atoms with Gasteiger partial charge in [-0.2, -0.15) is 0 Å². The predicted octanol–water partition coefficient (Wildman–Crippen LogP) is 1.95. The molecule has 25 heavy (non-hydrogen) atoms. The number of aromatic carboxylic acids is 1. The van der Waals surface area contributed by atoms with E-state index in [-0.39, 0.29) is 18.9 Å². The van der Waals surface area contributed by atoms with Gasteiger partial charge in [-0.3, -0.25) is 14.9 Å². The van der Waals surface area contributed by atoms with Gasteiger partial charge in [-0.25, -0.2) is 4.79 Å². The van der Waals surface area contributed by atoms with Gasteiger partial charge in [0.15, 0.2) is 11.5 Å². The lowest BCUT2D eigenvalue weighted by Crippen LogP contribution is -2.25. The Morgan fingerprint density at radius 2 is 1.88 bits per heavy atom.